The van der Waals surface area contributed by atoms with Crippen molar-refractivity contribution in [1.29, 1.82) is 0 Å². The average Bonchev–Trinajstić information content (AvgIpc) is 3.09. The van der Waals surface area contributed by atoms with Crippen LogP contribution in [0.4, 0.5) is 18.9 Å². The Bertz CT molecular complexity index is 972. The van der Waals surface area contributed by atoms with Gasteiger partial charge in [-0.3, -0.25) is 4.72 Å². The molecular weight excluding hydrogens is 391 g/mol. The van der Waals surface area contributed by atoms with Gasteiger partial charge in [0.05, 0.1) is 4.90 Å². The number of aromatic nitrogens is 2. The molecule has 1 heterocycles. The number of hydrogen-bond donors (Lipinski definition) is 1. The highest BCUT2D eigenvalue weighted by atomic mass is 32.2. The summed E-state index contributed by atoms with van der Waals surface area (Å²) in [5, 5.41) is 5.66. The fourth-order valence-electron chi connectivity index (χ4n) is 2.03. The topological polar surface area (TPSA) is 81.2 Å². The van der Waals surface area contributed by atoms with Crippen molar-refractivity contribution in [2.45, 2.75) is 11.3 Å². The minimum Gasteiger partial charge on any atom is -0.406 e. The summed E-state index contributed by atoms with van der Waals surface area (Å²) in [7, 11) is -3.95. The molecule has 3 aromatic rings. The third-order valence-corrected chi connectivity index (χ3v) is 5.06. The molecular formula is C15H10F3N3O3S2. The highest BCUT2D eigenvalue weighted by Crippen LogP contribution is 2.25. The summed E-state index contributed by atoms with van der Waals surface area (Å²) in [5.41, 5.74) is 1.74. The highest BCUT2D eigenvalue weighted by Gasteiger charge is 2.31. The molecule has 0 saturated carbocycles. The van der Waals surface area contributed by atoms with E-state index >= 15 is 0 Å². The number of alkyl halides is 3. The molecule has 0 unspecified atom stereocenters. The van der Waals surface area contributed by atoms with Crippen molar-refractivity contribution in [2.75, 3.05) is 4.72 Å². The van der Waals surface area contributed by atoms with Gasteiger partial charge in [0.25, 0.3) is 10.0 Å². The van der Waals surface area contributed by atoms with Crippen molar-refractivity contribution < 1.29 is 26.3 Å². The van der Waals surface area contributed by atoms with Crippen LogP contribution in [0.5, 0.6) is 5.75 Å². The van der Waals surface area contributed by atoms with Crippen molar-refractivity contribution in [3.63, 3.8) is 0 Å². The Balaban J connectivity index is 1.74. The molecule has 0 fully saturated rings. The van der Waals surface area contributed by atoms with Crippen LogP contribution in [-0.4, -0.2) is 24.4 Å². The molecule has 1 N–H and O–H groups in total. The first-order valence-electron chi connectivity index (χ1n) is 6.99. The van der Waals surface area contributed by atoms with Crippen LogP contribution in [0, 0.1) is 0 Å². The van der Waals surface area contributed by atoms with Crippen LogP contribution in [0.15, 0.2) is 58.8 Å². The smallest absolute Gasteiger partial charge is 0.406 e. The number of rotatable bonds is 5. The molecule has 0 aliphatic carbocycles. The maximum absolute atomic E-state index is 12.3. The Kier molecular flexibility index (Phi) is 4.83. The van der Waals surface area contributed by atoms with E-state index in [1.54, 1.807) is 29.6 Å². The fraction of sp³-hybridized carbons (Fsp3) is 0.0667. The third-order valence-electron chi connectivity index (χ3n) is 3.16. The van der Waals surface area contributed by atoms with Gasteiger partial charge in [0.2, 0.25) is 0 Å². The molecule has 3 rings (SSSR count). The zero-order valence-corrected chi connectivity index (χ0v) is 14.4. The van der Waals surface area contributed by atoms with Gasteiger partial charge < -0.3 is 4.74 Å². The van der Waals surface area contributed by atoms with E-state index in [4.69, 9.17) is 0 Å². The molecule has 0 aliphatic rings. The fourth-order valence-corrected chi connectivity index (χ4v) is 3.56. The lowest BCUT2D eigenvalue weighted by Gasteiger charge is -2.11. The molecule has 0 spiro atoms. The SMILES string of the molecule is O=S(=O)(Nc1ccc(-c2csnn2)cc1)c1ccc(OC(F)(F)F)cc1. The summed E-state index contributed by atoms with van der Waals surface area (Å²) >= 11 is 1.20. The van der Waals surface area contributed by atoms with Gasteiger partial charge in [0.15, 0.2) is 0 Å². The van der Waals surface area contributed by atoms with Crippen molar-refractivity contribution >= 4 is 27.2 Å². The summed E-state index contributed by atoms with van der Waals surface area (Å²) in [4.78, 5) is -0.195. The van der Waals surface area contributed by atoms with E-state index in [2.05, 4.69) is 19.0 Å². The molecule has 0 amide bonds. The van der Waals surface area contributed by atoms with Crippen molar-refractivity contribution in [1.82, 2.24) is 9.59 Å². The van der Waals surface area contributed by atoms with Crippen LogP contribution in [0.25, 0.3) is 11.3 Å². The second kappa shape index (κ2) is 6.92. The van der Waals surface area contributed by atoms with Crippen LogP contribution in [0.1, 0.15) is 0 Å². The first-order chi connectivity index (χ1) is 12.2. The minimum absolute atomic E-state index is 0.195. The third kappa shape index (κ3) is 4.49. The van der Waals surface area contributed by atoms with Crippen molar-refractivity contribution in [3.05, 3.63) is 53.9 Å². The second-order valence-corrected chi connectivity index (χ2v) is 7.28. The van der Waals surface area contributed by atoms with Crippen LogP contribution in [0.3, 0.4) is 0 Å². The average molecular weight is 401 g/mol. The molecule has 0 atom stereocenters. The molecule has 6 nitrogen and oxygen atoms in total. The summed E-state index contributed by atoms with van der Waals surface area (Å²) in [6.07, 6.45) is -4.84. The number of nitrogens with one attached hydrogen (secondary N) is 1. The van der Waals surface area contributed by atoms with Gasteiger partial charge in [-0.1, -0.05) is 16.6 Å². The number of anilines is 1. The Morgan fingerprint density at radius 2 is 1.65 bits per heavy atom. The lowest BCUT2D eigenvalue weighted by molar-refractivity contribution is -0.274. The maximum Gasteiger partial charge on any atom is 0.573 e. The highest BCUT2D eigenvalue weighted by molar-refractivity contribution is 7.92. The predicted molar refractivity (Wildman–Crippen MR) is 89.3 cm³/mol. The Hall–Kier alpha value is -2.66. The molecule has 26 heavy (non-hydrogen) atoms. The van der Waals surface area contributed by atoms with Crippen molar-refractivity contribution in [3.8, 4) is 17.0 Å². The molecule has 0 bridgehead atoms. The predicted octanol–water partition coefficient (Wildman–Crippen LogP) is 3.90. The Morgan fingerprint density at radius 1 is 1.00 bits per heavy atom. The molecule has 0 aliphatic heterocycles. The quantitative estimate of drug-likeness (QED) is 0.701. The van der Waals surface area contributed by atoms with Gasteiger partial charge in [-0.05, 0) is 47.9 Å². The Labute approximate surface area is 150 Å². The number of hydrogen-bond acceptors (Lipinski definition) is 6. The number of ether oxygens (including phenoxy) is 1. The first-order valence-corrected chi connectivity index (χ1v) is 9.31. The second-order valence-electron chi connectivity index (χ2n) is 4.99. The van der Waals surface area contributed by atoms with E-state index < -0.39 is 22.1 Å². The lowest BCUT2D eigenvalue weighted by atomic mass is 10.2. The number of nitrogens with zero attached hydrogens (tertiary/aromatic N) is 2. The van der Waals surface area contributed by atoms with Gasteiger partial charge >= 0.3 is 6.36 Å². The van der Waals surface area contributed by atoms with E-state index in [9.17, 15) is 21.6 Å². The molecule has 0 radical (unpaired) electrons. The van der Waals surface area contributed by atoms with E-state index in [-0.39, 0.29) is 4.90 Å². The largest absolute Gasteiger partial charge is 0.573 e. The van der Waals surface area contributed by atoms with Crippen LogP contribution >= 0.6 is 11.5 Å². The van der Waals surface area contributed by atoms with Gasteiger partial charge in [-0.2, -0.15) is 0 Å². The molecule has 0 saturated heterocycles. The monoisotopic (exact) mass is 401 g/mol. The summed E-state index contributed by atoms with van der Waals surface area (Å²) in [6, 6.07) is 10.4. The van der Waals surface area contributed by atoms with E-state index in [1.165, 1.54) is 11.5 Å². The standard InChI is InChI=1S/C15H10F3N3O3S2/c16-15(17,18)24-12-5-7-13(8-6-12)26(22,23)20-11-3-1-10(2-4-11)14-9-25-21-19-14/h1-9,20H. The summed E-state index contributed by atoms with van der Waals surface area (Å²) in [5.74, 6) is -0.502. The summed E-state index contributed by atoms with van der Waals surface area (Å²) in [6.45, 7) is 0. The van der Waals surface area contributed by atoms with Gasteiger partial charge in [-0.15, -0.1) is 18.3 Å². The molecule has 136 valence electrons. The zero-order valence-electron chi connectivity index (χ0n) is 12.8. The van der Waals surface area contributed by atoms with Gasteiger partial charge in [0, 0.05) is 16.6 Å². The van der Waals surface area contributed by atoms with E-state index in [0.29, 0.717) is 11.4 Å². The van der Waals surface area contributed by atoms with Gasteiger partial charge in [-0.25, -0.2) is 8.42 Å². The number of halogens is 3. The number of sulfonamides is 1. The molecule has 1 aromatic heterocycles. The minimum atomic E-state index is -4.84. The van der Waals surface area contributed by atoms with Crippen LogP contribution in [0.2, 0.25) is 0 Å². The normalized spacial score (nSPS) is 12.0. The van der Waals surface area contributed by atoms with E-state index in [1.807, 2.05) is 0 Å². The van der Waals surface area contributed by atoms with Crippen LogP contribution in [-0.2, 0) is 10.0 Å². The van der Waals surface area contributed by atoms with Gasteiger partial charge in [0.1, 0.15) is 11.4 Å². The molecule has 2 aromatic carbocycles. The zero-order chi connectivity index (χ0) is 18.8. The van der Waals surface area contributed by atoms with E-state index in [0.717, 1.165) is 29.8 Å². The van der Waals surface area contributed by atoms with Crippen molar-refractivity contribution in [2.24, 2.45) is 0 Å². The maximum atomic E-state index is 12.3. The first kappa shape index (κ1) is 18.1. The summed E-state index contributed by atoms with van der Waals surface area (Å²) < 4.78 is 70.9. The lowest BCUT2D eigenvalue weighted by Crippen LogP contribution is -2.17. The number of benzene rings is 2. The molecule has 11 heteroatoms. The Morgan fingerprint density at radius 3 is 2.19 bits per heavy atom. The van der Waals surface area contributed by atoms with Crippen LogP contribution < -0.4 is 9.46 Å².